The number of hydrogen-bond donors (Lipinski definition) is 1. The van der Waals surface area contributed by atoms with E-state index in [1.165, 1.54) is 6.33 Å². The minimum absolute atomic E-state index is 0.468. The fourth-order valence-corrected chi connectivity index (χ4v) is 1.51. The highest BCUT2D eigenvalue weighted by atomic mass is 15.2. The Kier molecular flexibility index (Phi) is 4.52. The first kappa shape index (κ1) is 12.2. The Balaban J connectivity index is 2.83. The molecule has 0 amide bonds. The van der Waals surface area contributed by atoms with Gasteiger partial charge in [-0.2, -0.15) is 5.26 Å². The number of nitrogen functional groups attached to an aromatic ring is 1. The number of rotatable bonds is 5. The Morgan fingerprint density at radius 2 is 2.31 bits per heavy atom. The van der Waals surface area contributed by atoms with E-state index in [0.29, 0.717) is 24.6 Å². The van der Waals surface area contributed by atoms with Gasteiger partial charge in [-0.1, -0.05) is 13.8 Å². The van der Waals surface area contributed by atoms with Crippen LogP contribution in [0.1, 0.15) is 20.3 Å². The van der Waals surface area contributed by atoms with Gasteiger partial charge >= 0.3 is 0 Å². The highest BCUT2D eigenvalue weighted by Crippen LogP contribution is 2.19. The largest absolute Gasteiger partial charge is 0.394 e. The van der Waals surface area contributed by atoms with Crippen molar-refractivity contribution < 1.29 is 0 Å². The standard InChI is InChI=1S/C11H17N5/c1-9(2)7-16(5-3-4-12)11-10(13)6-14-8-15-11/h6,8-9H,3,5,7,13H2,1-2H3. The predicted molar refractivity (Wildman–Crippen MR) is 63.7 cm³/mol. The molecule has 1 aromatic heterocycles. The first-order chi connectivity index (χ1) is 7.65. The van der Waals surface area contributed by atoms with E-state index in [4.69, 9.17) is 11.0 Å². The molecule has 0 saturated heterocycles. The summed E-state index contributed by atoms with van der Waals surface area (Å²) in [5.74, 6) is 1.21. The molecule has 2 N–H and O–H groups in total. The minimum atomic E-state index is 0.468. The van der Waals surface area contributed by atoms with E-state index in [-0.39, 0.29) is 0 Å². The van der Waals surface area contributed by atoms with Crippen LogP contribution < -0.4 is 10.6 Å². The van der Waals surface area contributed by atoms with Gasteiger partial charge < -0.3 is 10.6 Å². The Hall–Kier alpha value is -1.83. The molecule has 0 fully saturated rings. The van der Waals surface area contributed by atoms with Gasteiger partial charge in [0.1, 0.15) is 6.33 Å². The van der Waals surface area contributed by atoms with Crippen LogP contribution in [0.5, 0.6) is 0 Å². The molecule has 0 saturated carbocycles. The van der Waals surface area contributed by atoms with Gasteiger partial charge in [-0.25, -0.2) is 9.97 Å². The van der Waals surface area contributed by atoms with E-state index in [2.05, 4.69) is 29.9 Å². The zero-order chi connectivity index (χ0) is 12.0. The molecule has 0 bridgehead atoms. The Labute approximate surface area is 95.9 Å². The molecular weight excluding hydrogens is 202 g/mol. The number of nitrogens with two attached hydrogens (primary N) is 1. The molecular formula is C11H17N5. The highest BCUT2D eigenvalue weighted by Gasteiger charge is 2.12. The van der Waals surface area contributed by atoms with Crippen LogP contribution in [0.25, 0.3) is 0 Å². The van der Waals surface area contributed by atoms with Crippen LogP contribution in [0.15, 0.2) is 12.5 Å². The third kappa shape index (κ3) is 3.39. The topological polar surface area (TPSA) is 78.8 Å². The van der Waals surface area contributed by atoms with Gasteiger partial charge in [0.25, 0.3) is 0 Å². The second-order valence-electron chi connectivity index (χ2n) is 4.05. The fraction of sp³-hybridized carbons (Fsp3) is 0.545. The van der Waals surface area contributed by atoms with Crippen LogP contribution in [-0.2, 0) is 0 Å². The Morgan fingerprint density at radius 3 is 2.88 bits per heavy atom. The first-order valence-electron chi connectivity index (χ1n) is 5.32. The molecule has 86 valence electrons. The normalized spacial score (nSPS) is 10.1. The van der Waals surface area contributed by atoms with Gasteiger partial charge in [-0.05, 0) is 5.92 Å². The van der Waals surface area contributed by atoms with Crippen molar-refractivity contribution in [2.75, 3.05) is 23.7 Å². The first-order valence-corrected chi connectivity index (χ1v) is 5.32. The molecule has 0 atom stereocenters. The lowest BCUT2D eigenvalue weighted by atomic mass is 10.2. The van der Waals surface area contributed by atoms with E-state index in [1.807, 2.05) is 4.90 Å². The van der Waals surface area contributed by atoms with Crippen molar-refractivity contribution >= 4 is 11.5 Å². The van der Waals surface area contributed by atoms with E-state index in [1.54, 1.807) is 6.20 Å². The molecule has 0 aliphatic carbocycles. The molecule has 5 heteroatoms. The molecule has 0 spiro atoms. The lowest BCUT2D eigenvalue weighted by Gasteiger charge is -2.25. The van der Waals surface area contributed by atoms with Crippen molar-refractivity contribution in [1.29, 1.82) is 5.26 Å². The third-order valence-electron chi connectivity index (χ3n) is 2.10. The lowest BCUT2D eigenvalue weighted by molar-refractivity contribution is 0.608. The number of aromatic nitrogens is 2. The molecule has 1 heterocycles. The number of nitriles is 1. The van der Waals surface area contributed by atoms with Crippen LogP contribution in [0.4, 0.5) is 11.5 Å². The zero-order valence-corrected chi connectivity index (χ0v) is 9.72. The van der Waals surface area contributed by atoms with Crippen molar-refractivity contribution in [3.05, 3.63) is 12.5 Å². The second-order valence-corrected chi connectivity index (χ2v) is 4.05. The molecule has 16 heavy (non-hydrogen) atoms. The van der Waals surface area contributed by atoms with Crippen molar-refractivity contribution in [2.45, 2.75) is 20.3 Å². The van der Waals surface area contributed by atoms with Crippen molar-refractivity contribution in [2.24, 2.45) is 5.92 Å². The molecule has 0 radical (unpaired) electrons. The number of nitrogens with zero attached hydrogens (tertiary/aromatic N) is 4. The zero-order valence-electron chi connectivity index (χ0n) is 9.72. The van der Waals surface area contributed by atoms with Gasteiger partial charge in [0, 0.05) is 13.1 Å². The van der Waals surface area contributed by atoms with Crippen LogP contribution in [-0.4, -0.2) is 23.1 Å². The Morgan fingerprint density at radius 1 is 1.56 bits per heavy atom. The molecule has 0 aromatic carbocycles. The maximum absolute atomic E-state index is 8.62. The summed E-state index contributed by atoms with van der Waals surface area (Å²) in [4.78, 5) is 10.1. The van der Waals surface area contributed by atoms with E-state index < -0.39 is 0 Å². The average molecular weight is 219 g/mol. The van der Waals surface area contributed by atoms with Crippen molar-refractivity contribution in [3.8, 4) is 6.07 Å². The van der Waals surface area contributed by atoms with Crippen LogP contribution in [0, 0.1) is 17.2 Å². The second kappa shape index (κ2) is 5.91. The smallest absolute Gasteiger partial charge is 0.155 e. The molecule has 1 aromatic rings. The summed E-state index contributed by atoms with van der Waals surface area (Å²) in [6.07, 6.45) is 3.53. The van der Waals surface area contributed by atoms with Crippen molar-refractivity contribution in [3.63, 3.8) is 0 Å². The maximum atomic E-state index is 8.62. The average Bonchev–Trinajstić information content (AvgIpc) is 2.24. The summed E-state index contributed by atoms with van der Waals surface area (Å²) in [5, 5.41) is 8.62. The Bertz CT molecular complexity index is 369. The van der Waals surface area contributed by atoms with Crippen molar-refractivity contribution in [1.82, 2.24) is 9.97 Å². The van der Waals surface area contributed by atoms with E-state index in [9.17, 15) is 0 Å². The SMILES string of the molecule is CC(C)CN(CCC#N)c1ncncc1N. The maximum Gasteiger partial charge on any atom is 0.155 e. The van der Waals surface area contributed by atoms with Crippen LogP contribution in [0.3, 0.4) is 0 Å². The van der Waals surface area contributed by atoms with E-state index >= 15 is 0 Å². The lowest BCUT2D eigenvalue weighted by Crippen LogP contribution is -2.30. The summed E-state index contributed by atoms with van der Waals surface area (Å²) < 4.78 is 0. The summed E-state index contributed by atoms with van der Waals surface area (Å²) in [6, 6.07) is 2.13. The monoisotopic (exact) mass is 219 g/mol. The molecule has 5 nitrogen and oxygen atoms in total. The number of anilines is 2. The van der Waals surface area contributed by atoms with Gasteiger partial charge in [-0.3, -0.25) is 0 Å². The van der Waals surface area contributed by atoms with Gasteiger partial charge in [0.15, 0.2) is 5.82 Å². The van der Waals surface area contributed by atoms with Crippen LogP contribution >= 0.6 is 0 Å². The molecule has 0 aliphatic heterocycles. The minimum Gasteiger partial charge on any atom is -0.394 e. The predicted octanol–water partition coefficient (Wildman–Crippen LogP) is 1.43. The van der Waals surface area contributed by atoms with E-state index in [0.717, 1.165) is 12.4 Å². The molecule has 0 aliphatic rings. The quantitative estimate of drug-likeness (QED) is 0.810. The highest BCUT2D eigenvalue weighted by molar-refractivity contribution is 5.60. The van der Waals surface area contributed by atoms with Gasteiger partial charge in [-0.15, -0.1) is 0 Å². The van der Waals surface area contributed by atoms with Gasteiger partial charge in [0.05, 0.1) is 24.4 Å². The number of hydrogen-bond acceptors (Lipinski definition) is 5. The van der Waals surface area contributed by atoms with Gasteiger partial charge in [0.2, 0.25) is 0 Å². The summed E-state index contributed by atoms with van der Waals surface area (Å²) in [6.45, 7) is 5.73. The summed E-state index contributed by atoms with van der Waals surface area (Å²) in [7, 11) is 0. The third-order valence-corrected chi connectivity index (χ3v) is 2.10. The summed E-state index contributed by atoms with van der Waals surface area (Å²) >= 11 is 0. The summed E-state index contributed by atoms with van der Waals surface area (Å²) in [5.41, 5.74) is 6.38. The molecule has 1 rings (SSSR count). The molecule has 0 unspecified atom stereocenters. The van der Waals surface area contributed by atoms with Crippen LogP contribution in [0.2, 0.25) is 0 Å². The fourth-order valence-electron chi connectivity index (χ4n) is 1.51.